The SMILES string of the molecule is CC(C(=O)OC1CCN(Cc2ccccc2)CC1)(c1ccccc1)c1ccccc1. The van der Waals surface area contributed by atoms with Crippen LogP contribution in [0.2, 0.25) is 0 Å². The molecule has 30 heavy (non-hydrogen) atoms. The highest BCUT2D eigenvalue weighted by Gasteiger charge is 2.40. The summed E-state index contributed by atoms with van der Waals surface area (Å²) in [4.78, 5) is 15.9. The van der Waals surface area contributed by atoms with Crippen LogP contribution in [-0.4, -0.2) is 30.1 Å². The van der Waals surface area contributed by atoms with Crippen LogP contribution in [0.5, 0.6) is 0 Å². The highest BCUT2D eigenvalue weighted by molar-refractivity contribution is 5.87. The first-order valence-corrected chi connectivity index (χ1v) is 10.7. The van der Waals surface area contributed by atoms with Crippen molar-refractivity contribution >= 4 is 5.97 Å². The minimum atomic E-state index is -0.816. The van der Waals surface area contributed by atoms with Crippen LogP contribution in [0, 0.1) is 0 Å². The van der Waals surface area contributed by atoms with E-state index in [4.69, 9.17) is 4.74 Å². The number of rotatable bonds is 6. The van der Waals surface area contributed by atoms with Crippen LogP contribution in [0.15, 0.2) is 91.0 Å². The second-order valence-electron chi connectivity index (χ2n) is 8.22. The fraction of sp³-hybridized carbons (Fsp3) is 0.296. The Labute approximate surface area is 179 Å². The lowest BCUT2D eigenvalue weighted by Crippen LogP contribution is -2.42. The topological polar surface area (TPSA) is 29.5 Å². The molecule has 0 atom stereocenters. The third-order valence-corrected chi connectivity index (χ3v) is 6.17. The Morgan fingerprint density at radius 3 is 1.80 bits per heavy atom. The highest BCUT2D eigenvalue weighted by Crippen LogP contribution is 2.34. The van der Waals surface area contributed by atoms with Gasteiger partial charge in [0.2, 0.25) is 0 Å². The largest absolute Gasteiger partial charge is 0.461 e. The van der Waals surface area contributed by atoms with Gasteiger partial charge >= 0.3 is 5.97 Å². The van der Waals surface area contributed by atoms with E-state index in [0.717, 1.165) is 43.6 Å². The lowest BCUT2D eigenvalue weighted by atomic mass is 9.76. The molecular weight excluding hydrogens is 370 g/mol. The van der Waals surface area contributed by atoms with Gasteiger partial charge in [0.15, 0.2) is 0 Å². The molecular formula is C27H29NO2. The Bertz CT molecular complexity index is 893. The number of nitrogens with zero attached hydrogens (tertiary/aromatic N) is 1. The van der Waals surface area contributed by atoms with E-state index in [2.05, 4.69) is 29.2 Å². The molecule has 3 aromatic carbocycles. The van der Waals surface area contributed by atoms with E-state index in [0.29, 0.717) is 0 Å². The molecule has 0 aromatic heterocycles. The molecule has 0 N–H and O–H groups in total. The van der Waals surface area contributed by atoms with Crippen molar-refractivity contribution in [1.29, 1.82) is 0 Å². The van der Waals surface area contributed by atoms with E-state index < -0.39 is 5.41 Å². The summed E-state index contributed by atoms with van der Waals surface area (Å²) in [6.45, 7) is 4.82. The second kappa shape index (κ2) is 9.27. The maximum atomic E-state index is 13.5. The number of hydrogen-bond donors (Lipinski definition) is 0. The summed E-state index contributed by atoms with van der Waals surface area (Å²) in [5, 5.41) is 0. The molecule has 0 amide bonds. The van der Waals surface area contributed by atoms with E-state index in [1.54, 1.807) is 0 Å². The zero-order valence-corrected chi connectivity index (χ0v) is 17.5. The Hall–Kier alpha value is -2.91. The Balaban J connectivity index is 1.44. The van der Waals surface area contributed by atoms with E-state index in [1.165, 1.54) is 5.56 Å². The molecule has 3 aromatic rings. The van der Waals surface area contributed by atoms with Crippen LogP contribution in [0.3, 0.4) is 0 Å². The molecule has 1 saturated heterocycles. The molecule has 0 bridgehead atoms. The fourth-order valence-corrected chi connectivity index (χ4v) is 4.24. The second-order valence-corrected chi connectivity index (χ2v) is 8.22. The molecule has 0 aliphatic carbocycles. The summed E-state index contributed by atoms with van der Waals surface area (Å²) in [5.41, 5.74) is 2.43. The zero-order valence-electron chi connectivity index (χ0n) is 17.5. The average molecular weight is 400 g/mol. The van der Waals surface area contributed by atoms with Crippen molar-refractivity contribution in [2.24, 2.45) is 0 Å². The standard InChI is InChI=1S/C27H29NO2/c1-27(23-13-7-3-8-14-23,24-15-9-4-10-16-24)26(29)30-25-17-19-28(20-18-25)21-22-11-5-2-6-12-22/h2-16,25H,17-21H2,1H3. The molecule has 3 nitrogen and oxygen atoms in total. The predicted molar refractivity (Wildman–Crippen MR) is 120 cm³/mol. The predicted octanol–water partition coefficient (Wildman–Crippen LogP) is 5.20. The van der Waals surface area contributed by atoms with Crippen LogP contribution in [0.25, 0.3) is 0 Å². The van der Waals surface area contributed by atoms with Crippen LogP contribution >= 0.6 is 0 Å². The lowest BCUT2D eigenvalue weighted by Gasteiger charge is -2.35. The first-order chi connectivity index (χ1) is 14.7. The van der Waals surface area contributed by atoms with E-state index in [1.807, 2.05) is 73.7 Å². The lowest BCUT2D eigenvalue weighted by molar-refractivity contribution is -0.156. The molecule has 3 heteroatoms. The minimum Gasteiger partial charge on any atom is -0.461 e. The van der Waals surface area contributed by atoms with Gasteiger partial charge in [-0.25, -0.2) is 0 Å². The molecule has 1 fully saturated rings. The monoisotopic (exact) mass is 399 g/mol. The van der Waals surface area contributed by atoms with Crippen LogP contribution in [0.1, 0.15) is 36.5 Å². The number of piperidine rings is 1. The number of carbonyl (C=O) groups is 1. The first kappa shape index (κ1) is 20.4. The first-order valence-electron chi connectivity index (χ1n) is 10.7. The molecule has 1 aliphatic rings. The number of benzene rings is 3. The maximum absolute atomic E-state index is 13.5. The van der Waals surface area contributed by atoms with Crippen LogP contribution < -0.4 is 0 Å². The summed E-state index contributed by atoms with van der Waals surface area (Å²) in [6, 6.07) is 30.4. The minimum absolute atomic E-state index is 0.0312. The van der Waals surface area contributed by atoms with Crippen molar-refractivity contribution in [3.8, 4) is 0 Å². The summed E-state index contributed by atoms with van der Waals surface area (Å²) in [6.07, 6.45) is 1.72. The normalized spacial score (nSPS) is 15.6. The van der Waals surface area contributed by atoms with Gasteiger partial charge in [-0.15, -0.1) is 0 Å². The van der Waals surface area contributed by atoms with Gasteiger partial charge in [-0.05, 0) is 36.5 Å². The summed E-state index contributed by atoms with van der Waals surface area (Å²) in [7, 11) is 0. The summed E-state index contributed by atoms with van der Waals surface area (Å²) in [5.74, 6) is -0.165. The number of ether oxygens (including phenoxy) is 1. The van der Waals surface area contributed by atoms with Crippen molar-refractivity contribution in [2.45, 2.75) is 37.8 Å². The van der Waals surface area contributed by atoms with Gasteiger partial charge < -0.3 is 4.74 Å². The van der Waals surface area contributed by atoms with Gasteiger partial charge in [0.1, 0.15) is 11.5 Å². The molecule has 1 heterocycles. The van der Waals surface area contributed by atoms with Gasteiger partial charge in [-0.2, -0.15) is 0 Å². The van der Waals surface area contributed by atoms with Crippen LogP contribution in [-0.2, 0) is 21.5 Å². The Morgan fingerprint density at radius 2 is 1.30 bits per heavy atom. The molecule has 0 spiro atoms. The van der Waals surface area contributed by atoms with Gasteiger partial charge in [0.05, 0.1) is 0 Å². The number of likely N-dealkylation sites (tertiary alicyclic amines) is 1. The number of carbonyl (C=O) groups excluding carboxylic acids is 1. The Morgan fingerprint density at radius 1 is 0.833 bits per heavy atom. The number of hydrogen-bond acceptors (Lipinski definition) is 3. The zero-order chi connectivity index (χ0) is 20.8. The molecule has 1 aliphatic heterocycles. The summed E-state index contributed by atoms with van der Waals surface area (Å²) >= 11 is 0. The van der Waals surface area contributed by atoms with Gasteiger partial charge in [0, 0.05) is 19.6 Å². The van der Waals surface area contributed by atoms with E-state index in [-0.39, 0.29) is 12.1 Å². The van der Waals surface area contributed by atoms with Gasteiger partial charge in [0.25, 0.3) is 0 Å². The van der Waals surface area contributed by atoms with Gasteiger partial charge in [-0.1, -0.05) is 91.0 Å². The Kier molecular flexibility index (Phi) is 6.29. The quantitative estimate of drug-likeness (QED) is 0.534. The van der Waals surface area contributed by atoms with E-state index in [9.17, 15) is 4.79 Å². The smallest absolute Gasteiger partial charge is 0.321 e. The van der Waals surface area contributed by atoms with Crippen molar-refractivity contribution in [2.75, 3.05) is 13.1 Å². The molecule has 4 rings (SSSR count). The molecule has 154 valence electrons. The third-order valence-electron chi connectivity index (χ3n) is 6.17. The third kappa shape index (κ3) is 4.47. The van der Waals surface area contributed by atoms with E-state index >= 15 is 0 Å². The molecule has 0 saturated carbocycles. The highest BCUT2D eigenvalue weighted by atomic mass is 16.5. The van der Waals surface area contributed by atoms with Crippen molar-refractivity contribution < 1.29 is 9.53 Å². The average Bonchev–Trinajstić information content (AvgIpc) is 2.81. The van der Waals surface area contributed by atoms with Crippen molar-refractivity contribution in [1.82, 2.24) is 4.90 Å². The van der Waals surface area contributed by atoms with Crippen molar-refractivity contribution in [3.05, 3.63) is 108 Å². The van der Waals surface area contributed by atoms with Crippen LogP contribution in [0.4, 0.5) is 0 Å². The fourth-order valence-electron chi connectivity index (χ4n) is 4.24. The summed E-state index contributed by atoms with van der Waals surface area (Å²) < 4.78 is 6.10. The maximum Gasteiger partial charge on any atom is 0.321 e. The number of esters is 1. The van der Waals surface area contributed by atoms with Crippen molar-refractivity contribution in [3.63, 3.8) is 0 Å². The molecule has 0 unspecified atom stereocenters. The molecule has 0 radical (unpaired) electrons. The van der Waals surface area contributed by atoms with Gasteiger partial charge in [-0.3, -0.25) is 9.69 Å².